The van der Waals surface area contributed by atoms with E-state index in [2.05, 4.69) is 10.3 Å². The molecule has 0 atom stereocenters. The number of halogens is 2. The molecular weight excluding hydrogens is 283 g/mol. The zero-order chi connectivity index (χ0) is 14.3. The predicted molar refractivity (Wildman–Crippen MR) is 73.5 cm³/mol. The van der Waals surface area contributed by atoms with Gasteiger partial charge in [0.25, 0.3) is 0 Å². The van der Waals surface area contributed by atoms with Crippen LogP contribution in [0.1, 0.15) is 0 Å². The fourth-order valence-corrected chi connectivity index (χ4v) is 2.28. The Bertz CT molecular complexity index is 760. The van der Waals surface area contributed by atoms with E-state index in [1.807, 2.05) is 0 Å². The number of hydrogen-bond acceptors (Lipinski definition) is 4. The Morgan fingerprint density at radius 3 is 2.80 bits per heavy atom. The molecule has 7 heteroatoms. The number of nitrogens with two attached hydrogens (primary N) is 1. The normalized spacial score (nSPS) is 10.9. The quantitative estimate of drug-likeness (QED) is 0.788. The van der Waals surface area contributed by atoms with Crippen molar-refractivity contribution in [2.75, 3.05) is 5.73 Å². The molecule has 102 valence electrons. The lowest BCUT2D eigenvalue weighted by Crippen LogP contribution is -1.91. The third-order valence-electron chi connectivity index (χ3n) is 2.91. The molecule has 0 amide bonds. The molecule has 0 fully saturated rings. The van der Waals surface area contributed by atoms with Gasteiger partial charge >= 0.3 is 0 Å². The van der Waals surface area contributed by atoms with Crippen LogP contribution >= 0.6 is 11.6 Å². The maximum atomic E-state index is 14.1. The molecule has 3 rings (SSSR count). The minimum Gasteiger partial charge on any atom is -0.367 e. The maximum absolute atomic E-state index is 14.1. The van der Waals surface area contributed by atoms with E-state index in [-0.39, 0.29) is 16.5 Å². The van der Waals surface area contributed by atoms with E-state index < -0.39 is 5.82 Å². The van der Waals surface area contributed by atoms with Gasteiger partial charge in [-0.1, -0.05) is 22.8 Å². The minimum atomic E-state index is -0.488. The highest BCUT2D eigenvalue weighted by Gasteiger charge is 2.23. The molecular formula is C13H10ClFN4O. The van der Waals surface area contributed by atoms with Crippen molar-refractivity contribution >= 4 is 17.5 Å². The molecule has 2 N–H and O–H groups in total. The second kappa shape index (κ2) is 4.64. The minimum absolute atomic E-state index is 0.0100. The van der Waals surface area contributed by atoms with E-state index >= 15 is 0 Å². The highest BCUT2D eigenvalue weighted by Crippen LogP contribution is 2.40. The van der Waals surface area contributed by atoms with Crippen LogP contribution in [-0.2, 0) is 7.05 Å². The van der Waals surface area contributed by atoms with Crippen molar-refractivity contribution in [3.05, 3.63) is 41.4 Å². The van der Waals surface area contributed by atoms with Gasteiger partial charge in [0.05, 0.1) is 16.8 Å². The Labute approximate surface area is 118 Å². The Kier molecular flexibility index (Phi) is 2.94. The summed E-state index contributed by atoms with van der Waals surface area (Å²) < 4.78 is 20.7. The van der Waals surface area contributed by atoms with Gasteiger partial charge in [-0.25, -0.2) is 4.39 Å². The van der Waals surface area contributed by atoms with Crippen LogP contribution in [0.4, 0.5) is 10.3 Å². The van der Waals surface area contributed by atoms with Gasteiger partial charge in [-0.05, 0) is 12.1 Å². The summed E-state index contributed by atoms with van der Waals surface area (Å²) >= 11 is 6.07. The van der Waals surface area contributed by atoms with Crippen molar-refractivity contribution in [3.63, 3.8) is 0 Å². The van der Waals surface area contributed by atoms with Gasteiger partial charge in [-0.2, -0.15) is 5.10 Å². The molecule has 3 aromatic rings. The highest BCUT2D eigenvalue weighted by molar-refractivity contribution is 6.33. The summed E-state index contributed by atoms with van der Waals surface area (Å²) in [5.41, 5.74) is 7.35. The van der Waals surface area contributed by atoms with Crippen LogP contribution in [0.2, 0.25) is 5.02 Å². The van der Waals surface area contributed by atoms with E-state index in [1.54, 1.807) is 30.2 Å². The maximum Gasteiger partial charge on any atom is 0.230 e. The molecule has 0 bridgehead atoms. The Balaban J connectivity index is 2.27. The number of nitrogens with zero attached hydrogens (tertiary/aromatic N) is 3. The molecule has 2 heterocycles. The van der Waals surface area contributed by atoms with Crippen LogP contribution in [0.3, 0.4) is 0 Å². The highest BCUT2D eigenvalue weighted by atomic mass is 35.5. The fourth-order valence-electron chi connectivity index (χ4n) is 2.02. The Morgan fingerprint density at radius 2 is 2.15 bits per heavy atom. The molecule has 0 radical (unpaired) electrons. The van der Waals surface area contributed by atoms with Crippen molar-refractivity contribution in [2.24, 2.45) is 7.05 Å². The first-order chi connectivity index (χ1) is 9.58. The van der Waals surface area contributed by atoms with Crippen molar-refractivity contribution in [2.45, 2.75) is 0 Å². The average Bonchev–Trinajstić information content (AvgIpc) is 2.97. The summed E-state index contributed by atoms with van der Waals surface area (Å²) in [5, 5.41) is 8.17. The van der Waals surface area contributed by atoms with Gasteiger partial charge in [0, 0.05) is 24.4 Å². The smallest absolute Gasteiger partial charge is 0.230 e. The van der Waals surface area contributed by atoms with Gasteiger partial charge in [0.1, 0.15) is 11.5 Å². The summed E-state index contributed by atoms with van der Waals surface area (Å²) in [7, 11) is 1.77. The van der Waals surface area contributed by atoms with Crippen molar-refractivity contribution in [1.29, 1.82) is 0 Å². The number of rotatable bonds is 2. The van der Waals surface area contributed by atoms with E-state index in [0.29, 0.717) is 16.8 Å². The lowest BCUT2D eigenvalue weighted by atomic mass is 10.0. The topological polar surface area (TPSA) is 69.9 Å². The number of hydrogen-bond donors (Lipinski definition) is 1. The van der Waals surface area contributed by atoms with Gasteiger partial charge < -0.3 is 10.3 Å². The molecule has 0 saturated carbocycles. The Hall–Kier alpha value is -2.34. The molecule has 1 aromatic carbocycles. The van der Waals surface area contributed by atoms with E-state index in [9.17, 15) is 4.39 Å². The number of nitrogen functional groups attached to an aromatic ring is 1. The SMILES string of the molecule is Cn1cc(-c2noc(N)c2-c2c(F)cccc2Cl)cn1. The number of anilines is 1. The van der Waals surface area contributed by atoms with E-state index in [0.717, 1.165) is 0 Å². The zero-order valence-corrected chi connectivity index (χ0v) is 11.2. The lowest BCUT2D eigenvalue weighted by Gasteiger charge is -2.05. The van der Waals surface area contributed by atoms with Gasteiger partial charge in [-0.3, -0.25) is 4.68 Å². The van der Waals surface area contributed by atoms with Gasteiger partial charge in [0.2, 0.25) is 5.88 Å². The first-order valence-corrected chi connectivity index (χ1v) is 6.14. The Morgan fingerprint density at radius 1 is 1.35 bits per heavy atom. The van der Waals surface area contributed by atoms with E-state index in [4.69, 9.17) is 21.9 Å². The van der Waals surface area contributed by atoms with Crippen molar-refractivity contribution in [3.8, 4) is 22.4 Å². The summed E-state index contributed by atoms with van der Waals surface area (Å²) in [4.78, 5) is 0. The van der Waals surface area contributed by atoms with Crippen LogP contribution in [0.15, 0.2) is 35.1 Å². The van der Waals surface area contributed by atoms with E-state index in [1.165, 1.54) is 12.1 Å². The van der Waals surface area contributed by atoms with Crippen LogP contribution in [-0.4, -0.2) is 14.9 Å². The first-order valence-electron chi connectivity index (χ1n) is 5.76. The lowest BCUT2D eigenvalue weighted by molar-refractivity contribution is 0.439. The first kappa shape index (κ1) is 12.7. The number of aryl methyl sites for hydroxylation is 1. The second-order valence-electron chi connectivity index (χ2n) is 4.27. The molecule has 2 aromatic heterocycles. The molecule has 0 spiro atoms. The van der Waals surface area contributed by atoms with Crippen molar-refractivity contribution in [1.82, 2.24) is 14.9 Å². The van der Waals surface area contributed by atoms with Gasteiger partial charge in [-0.15, -0.1) is 0 Å². The van der Waals surface area contributed by atoms with Gasteiger partial charge in [0.15, 0.2) is 0 Å². The predicted octanol–water partition coefficient (Wildman–Crippen LogP) is 3.12. The molecule has 0 unspecified atom stereocenters. The zero-order valence-electron chi connectivity index (χ0n) is 10.5. The fraction of sp³-hybridized carbons (Fsp3) is 0.0769. The number of benzene rings is 1. The van der Waals surface area contributed by atoms with Crippen LogP contribution < -0.4 is 5.73 Å². The molecule has 0 aliphatic carbocycles. The second-order valence-corrected chi connectivity index (χ2v) is 4.68. The molecule has 0 aliphatic heterocycles. The summed E-state index contributed by atoms with van der Waals surface area (Å²) in [6.45, 7) is 0. The van der Waals surface area contributed by atoms with Crippen LogP contribution in [0.5, 0.6) is 0 Å². The summed E-state index contributed by atoms with van der Waals surface area (Å²) in [5.74, 6) is -0.478. The van der Waals surface area contributed by atoms with Crippen molar-refractivity contribution < 1.29 is 8.91 Å². The van der Waals surface area contributed by atoms with Crippen LogP contribution in [0.25, 0.3) is 22.4 Å². The largest absolute Gasteiger partial charge is 0.367 e. The molecule has 5 nitrogen and oxygen atoms in total. The third-order valence-corrected chi connectivity index (χ3v) is 3.22. The average molecular weight is 293 g/mol. The third kappa shape index (κ3) is 1.94. The van der Waals surface area contributed by atoms with Crippen LogP contribution in [0, 0.1) is 5.82 Å². The molecule has 0 aliphatic rings. The summed E-state index contributed by atoms with van der Waals surface area (Å²) in [6, 6.07) is 4.41. The number of aromatic nitrogens is 3. The summed E-state index contributed by atoms with van der Waals surface area (Å²) in [6.07, 6.45) is 3.32. The monoisotopic (exact) mass is 292 g/mol. The molecule has 20 heavy (non-hydrogen) atoms. The molecule has 0 saturated heterocycles. The standard InChI is InChI=1S/C13H10ClFN4O/c1-19-6-7(5-17-19)12-11(13(16)20-18-12)10-8(14)3-2-4-9(10)15/h2-6H,16H2,1H3.